The van der Waals surface area contributed by atoms with Gasteiger partial charge in [0.1, 0.15) is 40.1 Å². The van der Waals surface area contributed by atoms with E-state index in [4.69, 9.17) is 33.1 Å². The van der Waals surface area contributed by atoms with Crippen LogP contribution < -0.4 is 46.1 Å². The number of phenolic OH excluding ortho intramolecular Hbond substituents is 1. The number of carbonyl (C=O) groups is 3. The highest BCUT2D eigenvalue weighted by molar-refractivity contribution is 6.17. The molecule has 1 amide bonds. The topological polar surface area (TPSA) is 306 Å². The van der Waals surface area contributed by atoms with Crippen molar-refractivity contribution in [1.29, 1.82) is 0 Å². The summed E-state index contributed by atoms with van der Waals surface area (Å²) in [7, 11) is 6.90. The number of aromatic nitrogens is 2. The number of piperidine rings is 1. The van der Waals surface area contributed by atoms with Gasteiger partial charge in [0.2, 0.25) is 16.3 Å². The van der Waals surface area contributed by atoms with Crippen molar-refractivity contribution in [2.45, 2.75) is 130 Å². The van der Waals surface area contributed by atoms with Crippen LogP contribution in [0.3, 0.4) is 0 Å². The smallest absolute Gasteiger partial charge is 0.341 e. The number of ether oxygens (including phenoxy) is 5. The van der Waals surface area contributed by atoms with Crippen molar-refractivity contribution in [2.24, 2.45) is 29.6 Å². The van der Waals surface area contributed by atoms with Gasteiger partial charge in [-0.15, -0.1) is 0 Å². The third-order valence-electron chi connectivity index (χ3n) is 20.3. The number of methoxy groups -OCH3 is 2. The molecule has 11 rings (SSSR count). The van der Waals surface area contributed by atoms with Gasteiger partial charge in [-0.3, -0.25) is 28.9 Å². The highest BCUT2D eigenvalue weighted by Crippen LogP contribution is 2.46. The molecule has 1 unspecified atom stereocenters. The molecule has 4 aliphatic heterocycles. The van der Waals surface area contributed by atoms with E-state index in [0.717, 1.165) is 38.4 Å². The zero-order valence-corrected chi connectivity index (χ0v) is 56.2. The summed E-state index contributed by atoms with van der Waals surface area (Å²) in [4.78, 5) is 95.9. The first-order valence-corrected chi connectivity index (χ1v) is 32.8. The number of aliphatic hydroxyl groups excluding tert-OH is 3. The highest BCUT2D eigenvalue weighted by atomic mass is 19.1. The molecule has 1 aliphatic carbocycles. The molecule has 4 aromatic carbocycles. The Hall–Kier alpha value is -8.62. The van der Waals surface area contributed by atoms with E-state index in [9.17, 15) is 49.5 Å². The third kappa shape index (κ3) is 12.7. The number of amides is 1. The minimum Gasteiger partial charge on any atom is -0.507 e. The molecule has 0 spiro atoms. The minimum atomic E-state index is -2.04. The second-order valence-electron chi connectivity index (χ2n) is 27.1. The first-order chi connectivity index (χ1) is 45.6. The number of nitrogens with zero attached hydrogens (tertiary/aromatic N) is 6. The first-order valence-electron chi connectivity index (χ1n) is 32.8. The number of phenols is 1. The van der Waals surface area contributed by atoms with Crippen LogP contribution in [0.4, 0.5) is 21.5 Å². The van der Waals surface area contributed by atoms with Crippen LogP contribution in [-0.2, 0) is 23.8 Å². The first kappa shape index (κ1) is 68.8. The largest absolute Gasteiger partial charge is 0.507 e. The number of aliphatic hydroxyl groups is 3. The number of carboxylic acid groups (broad SMARTS) is 1. The number of rotatable bonds is 13. The normalized spacial score (nSPS) is 26.8. The molecule has 5 aliphatic rings. The molecular weight excluding hydrogens is 1240 g/mol. The van der Waals surface area contributed by atoms with Gasteiger partial charge in [0.15, 0.2) is 34.0 Å². The fourth-order valence-electron chi connectivity index (χ4n) is 14.5. The number of esters is 1. The van der Waals surface area contributed by atoms with E-state index in [1.165, 1.54) is 72.6 Å². The fourth-order valence-corrected chi connectivity index (χ4v) is 14.5. The average Bonchev–Trinajstić information content (AvgIpc) is 1.34. The van der Waals surface area contributed by atoms with Gasteiger partial charge in [-0.05, 0) is 78.1 Å². The van der Waals surface area contributed by atoms with E-state index >= 15 is 9.18 Å². The van der Waals surface area contributed by atoms with Gasteiger partial charge >= 0.3 is 17.7 Å². The summed E-state index contributed by atoms with van der Waals surface area (Å²) < 4.78 is 55.1. The number of hydrogen-bond acceptors (Lipinski definition) is 21. The molecular formula is C71H86FN7O17. The molecule has 5 bridgehead atoms. The number of hydrogen-bond donors (Lipinski definition) is 6. The lowest BCUT2D eigenvalue weighted by molar-refractivity contribution is -0.160. The number of fused-ring (bicyclic) bond motifs is 6. The van der Waals surface area contributed by atoms with Crippen molar-refractivity contribution in [3.8, 4) is 17.2 Å². The van der Waals surface area contributed by atoms with Crippen molar-refractivity contribution < 1.29 is 72.4 Å². The van der Waals surface area contributed by atoms with Crippen LogP contribution >= 0.6 is 0 Å². The second-order valence-corrected chi connectivity index (χ2v) is 27.1. The Balaban J connectivity index is 0.931. The van der Waals surface area contributed by atoms with Crippen molar-refractivity contribution >= 4 is 84.5 Å². The predicted octanol–water partition coefficient (Wildman–Crippen LogP) is 7.41. The summed E-state index contributed by atoms with van der Waals surface area (Å²) >= 11 is 0. The Morgan fingerprint density at radius 1 is 0.875 bits per heavy atom. The van der Waals surface area contributed by atoms with Crippen molar-refractivity contribution in [2.75, 3.05) is 89.2 Å². The number of aromatic hydroxyl groups is 1. The predicted molar refractivity (Wildman–Crippen MR) is 361 cm³/mol. The lowest BCUT2D eigenvalue weighted by atomic mass is 9.78. The molecule has 514 valence electrons. The van der Waals surface area contributed by atoms with Crippen LogP contribution in [0.2, 0.25) is 0 Å². The molecule has 10 atom stereocenters. The van der Waals surface area contributed by atoms with E-state index in [2.05, 4.69) is 20.0 Å². The maximum atomic E-state index is 16.5. The number of allylic oxidation sites excluding steroid dienone is 2. The maximum absolute atomic E-state index is 16.5. The molecule has 1 saturated carbocycles. The molecule has 2 saturated heterocycles. The molecule has 6 heterocycles. The Kier molecular flexibility index (Phi) is 19.4. The molecule has 6 N–H and O–H groups in total. The zero-order valence-electron chi connectivity index (χ0n) is 56.2. The maximum Gasteiger partial charge on any atom is 0.341 e. The summed E-state index contributed by atoms with van der Waals surface area (Å²) in [6.07, 6.45) is 8.42. The van der Waals surface area contributed by atoms with Crippen LogP contribution in [0.1, 0.15) is 103 Å². The summed E-state index contributed by atoms with van der Waals surface area (Å²) in [5, 5.41) is 59.8. The molecule has 6 aromatic rings. The Bertz CT molecular complexity index is 4440. The van der Waals surface area contributed by atoms with E-state index in [1.54, 1.807) is 50.5 Å². The third-order valence-corrected chi connectivity index (χ3v) is 20.3. The number of nitrogens with one attached hydrogen (secondary N) is 1. The minimum absolute atomic E-state index is 0.0201. The van der Waals surface area contributed by atoms with Crippen LogP contribution in [0.15, 0.2) is 79.3 Å². The molecule has 24 nitrogen and oxygen atoms in total. The molecule has 96 heavy (non-hydrogen) atoms. The van der Waals surface area contributed by atoms with Gasteiger partial charge in [-0.25, -0.2) is 14.2 Å². The number of benzene rings is 4. The van der Waals surface area contributed by atoms with Gasteiger partial charge in [0, 0.05) is 143 Å². The van der Waals surface area contributed by atoms with Crippen LogP contribution in [0.25, 0.3) is 49.6 Å². The van der Waals surface area contributed by atoms with E-state index < -0.39 is 117 Å². The number of aromatic carboxylic acids is 1. The zero-order chi connectivity index (χ0) is 69.3. The monoisotopic (exact) mass is 1330 g/mol. The van der Waals surface area contributed by atoms with Crippen LogP contribution in [0.5, 0.6) is 17.2 Å². The number of carbonyl (C=O) groups excluding carboxylic acids is 2. The van der Waals surface area contributed by atoms with Crippen molar-refractivity contribution in [3.05, 3.63) is 113 Å². The Labute approximate surface area is 553 Å². The SMILES string of the molecule is COc1c(N2CCC(CN(CCN(C)C)C3CCN(c4cc(=O)c5nc6c(oc5c4)c4c(=O)c5c(O)c(C)c7c(c56)=C(O)[C@@](C)(O/C=C/[C@H](OC)[C@@H](C)[C@@H](OC(C)=O)[C@H](C)[C@H](O)[C@H](C)[C@@H](O)[C@@H](C)/C=C/C=C(/C)C(=O)N4)O7)CC3)C2)c(F)cc2c(=O)c(C(=O)O)cn(C3CC3)c12. The number of likely N-dealkylation sites (N-methyl/N-ethyl adjacent to an activating group) is 1. The van der Waals surface area contributed by atoms with E-state index in [1.807, 2.05) is 19.0 Å². The van der Waals surface area contributed by atoms with Crippen LogP contribution in [0, 0.1) is 42.3 Å². The summed E-state index contributed by atoms with van der Waals surface area (Å²) in [5.41, 5.74) is -2.48. The van der Waals surface area contributed by atoms with Gasteiger partial charge in [0.05, 0.1) is 53.2 Å². The number of anilines is 3. The fraction of sp³-hybridized carbons (Fsp3) is 0.507. The van der Waals surface area contributed by atoms with Gasteiger partial charge in [-0.2, -0.15) is 0 Å². The van der Waals surface area contributed by atoms with Gasteiger partial charge in [0.25, 0.3) is 5.91 Å². The van der Waals surface area contributed by atoms with Crippen LogP contribution in [-0.4, -0.2) is 173 Å². The van der Waals surface area contributed by atoms with Crippen molar-refractivity contribution in [3.63, 3.8) is 0 Å². The summed E-state index contributed by atoms with van der Waals surface area (Å²) in [5.74, 6) is -9.05. The highest BCUT2D eigenvalue weighted by Gasteiger charge is 2.45. The molecule has 3 fully saturated rings. The molecule has 2 aromatic heterocycles. The number of carboxylic acids is 1. The second kappa shape index (κ2) is 27.1. The van der Waals surface area contributed by atoms with Gasteiger partial charge in [-0.1, -0.05) is 45.9 Å². The number of pyridine rings is 1. The lowest BCUT2D eigenvalue weighted by Gasteiger charge is -2.40. The van der Waals surface area contributed by atoms with Crippen molar-refractivity contribution in [1.82, 2.24) is 19.4 Å². The summed E-state index contributed by atoms with van der Waals surface area (Å²) in [6, 6.07) is 4.35. The van der Waals surface area contributed by atoms with E-state index in [-0.39, 0.29) is 89.9 Å². The Morgan fingerprint density at radius 3 is 2.24 bits per heavy atom. The average molecular weight is 1330 g/mol. The lowest BCUT2D eigenvalue weighted by Crippen LogP contribution is -2.48. The standard InChI is InChI=1S/C71H86FN7O17/c1-34-14-13-15-35(2)69(88)74-56-63(86)52-51(53-65(39(6)61(52)84)96-71(8,68(53)87)93-27-21-49(91-11)36(3)64(94-40(7)80)38(5)60(83)37(4)59(34)82)55-66(56)95-50-29-44(28-48(81)54(50)73-55)76-23-19-42(20-24-76)77(26-25-75(9)10)31-41-18-22-78(32-41)58-47(72)30-45-57(67(58)92-12)79(43-16-17-43)33-46(62(45)85)70(89)90/h13-15,21,27-30,33-34,36-38,41-43,49,59-60,64,82-84,87H,16-20,22-26,31-32H2,1-12H3,(H,74,88)(H,89,90)/b14-13+,27-21+,35-15-/t34-,36+,37+,38+,41?,49-,59-,60+,64+,71-/m0/s1. The quantitative estimate of drug-likeness (QED) is 0.0372. The summed E-state index contributed by atoms with van der Waals surface area (Å²) in [6.45, 7) is 16.8. The molecule has 25 heteroatoms. The Morgan fingerprint density at radius 2 is 1.58 bits per heavy atom. The van der Waals surface area contributed by atoms with E-state index in [0.29, 0.717) is 56.8 Å². The molecule has 0 radical (unpaired) electrons. The van der Waals surface area contributed by atoms with Gasteiger partial charge < -0.3 is 78.2 Å². The number of halogens is 1.